The predicted octanol–water partition coefficient (Wildman–Crippen LogP) is 3.12. The molecular formula is C19H20BrN3O3. The smallest absolute Gasteiger partial charge is 0.268 e. The molecule has 0 aliphatic carbocycles. The van der Waals surface area contributed by atoms with E-state index in [4.69, 9.17) is 10.5 Å². The highest BCUT2D eigenvalue weighted by Crippen LogP contribution is 2.24. The summed E-state index contributed by atoms with van der Waals surface area (Å²) in [6.45, 7) is 0.890. The predicted molar refractivity (Wildman–Crippen MR) is 103 cm³/mol. The van der Waals surface area contributed by atoms with Gasteiger partial charge < -0.3 is 20.1 Å². The first-order valence-electron chi connectivity index (χ1n) is 8.33. The Bertz CT molecular complexity index is 910. The van der Waals surface area contributed by atoms with Crippen molar-refractivity contribution >= 4 is 32.6 Å². The average Bonchev–Trinajstić information content (AvgIpc) is 3.07. The largest absolute Gasteiger partial charge is 0.494 e. The summed E-state index contributed by atoms with van der Waals surface area (Å²) < 4.78 is 8.49. The number of aliphatic hydroxyl groups excluding tert-OH is 1. The summed E-state index contributed by atoms with van der Waals surface area (Å²) in [6.07, 6.45) is 3.80. The van der Waals surface area contributed by atoms with Crippen molar-refractivity contribution in [2.75, 3.05) is 6.61 Å². The molecule has 6 nitrogen and oxygen atoms in total. The monoisotopic (exact) mass is 417 g/mol. The molecule has 0 saturated carbocycles. The van der Waals surface area contributed by atoms with E-state index in [0.717, 1.165) is 27.4 Å². The molecule has 0 spiro atoms. The third-order valence-corrected chi connectivity index (χ3v) is 4.52. The quantitative estimate of drug-likeness (QED) is 0.550. The molecule has 0 fully saturated rings. The molecule has 136 valence electrons. The number of ether oxygens (including phenoxy) is 1. The average molecular weight is 418 g/mol. The van der Waals surface area contributed by atoms with Gasteiger partial charge in [0.15, 0.2) is 0 Å². The second-order valence-electron chi connectivity index (χ2n) is 6.12. The van der Waals surface area contributed by atoms with E-state index < -0.39 is 12.0 Å². The first kappa shape index (κ1) is 18.4. The van der Waals surface area contributed by atoms with E-state index in [2.05, 4.69) is 27.0 Å². The highest BCUT2D eigenvalue weighted by atomic mass is 79.9. The summed E-state index contributed by atoms with van der Waals surface area (Å²) in [5, 5.41) is 12.4. The number of nitrogens with two attached hydrogens (primary N) is 1. The lowest BCUT2D eigenvalue weighted by Gasteiger charge is -2.12. The minimum Gasteiger partial charge on any atom is -0.494 e. The number of fused-ring (bicyclic) bond motifs is 1. The molecule has 3 rings (SSSR count). The molecule has 0 aliphatic heterocycles. The number of carbonyl (C=O) groups is 1. The standard InChI is InChI=1S/C19H20BrN3O3/c20-15-5-3-14-9-17(6-4-13(14)8-15)26-7-1-2-16(24)10-23-11-18(19(21)25)22-12-23/h3-6,8-9,11-12,16,24H,1-2,7,10H2,(H2,21,25). The number of hydrogen-bond donors (Lipinski definition) is 2. The van der Waals surface area contributed by atoms with Gasteiger partial charge in [0.05, 0.1) is 19.0 Å². The van der Waals surface area contributed by atoms with Gasteiger partial charge in [0.2, 0.25) is 0 Å². The molecule has 26 heavy (non-hydrogen) atoms. The summed E-state index contributed by atoms with van der Waals surface area (Å²) >= 11 is 3.46. The van der Waals surface area contributed by atoms with Crippen LogP contribution < -0.4 is 10.5 Å². The number of rotatable bonds is 8. The Morgan fingerprint density at radius 3 is 2.81 bits per heavy atom. The van der Waals surface area contributed by atoms with Crippen molar-refractivity contribution in [1.29, 1.82) is 0 Å². The van der Waals surface area contributed by atoms with Gasteiger partial charge in [0.1, 0.15) is 11.4 Å². The molecule has 0 radical (unpaired) electrons. The summed E-state index contributed by atoms with van der Waals surface area (Å²) in [5.74, 6) is 0.240. The summed E-state index contributed by atoms with van der Waals surface area (Å²) in [4.78, 5) is 14.9. The van der Waals surface area contributed by atoms with Crippen LogP contribution in [-0.4, -0.2) is 33.3 Å². The molecule has 3 aromatic rings. The zero-order chi connectivity index (χ0) is 18.5. The van der Waals surface area contributed by atoms with Crippen molar-refractivity contribution in [3.05, 3.63) is 59.1 Å². The maximum absolute atomic E-state index is 11.0. The zero-order valence-electron chi connectivity index (χ0n) is 14.1. The number of primary amides is 1. The van der Waals surface area contributed by atoms with Crippen molar-refractivity contribution < 1.29 is 14.6 Å². The fourth-order valence-corrected chi connectivity index (χ4v) is 3.09. The second-order valence-corrected chi connectivity index (χ2v) is 7.03. The van der Waals surface area contributed by atoms with Gasteiger partial charge in [-0.2, -0.15) is 0 Å². The molecule has 0 saturated heterocycles. The Morgan fingerprint density at radius 2 is 2.04 bits per heavy atom. The summed E-state index contributed by atoms with van der Waals surface area (Å²) in [5.41, 5.74) is 5.36. The van der Waals surface area contributed by atoms with Crippen LogP contribution in [0.4, 0.5) is 0 Å². The lowest BCUT2D eigenvalue weighted by atomic mass is 10.1. The maximum atomic E-state index is 11.0. The van der Waals surface area contributed by atoms with Gasteiger partial charge in [-0.05, 0) is 47.9 Å². The van der Waals surface area contributed by atoms with Crippen LogP contribution in [0.3, 0.4) is 0 Å². The lowest BCUT2D eigenvalue weighted by Crippen LogP contribution is -2.16. The van der Waals surface area contributed by atoms with Crippen LogP contribution in [0.5, 0.6) is 5.75 Å². The second kappa shape index (κ2) is 8.33. The Balaban J connectivity index is 1.44. The van der Waals surface area contributed by atoms with E-state index >= 15 is 0 Å². The molecule has 3 N–H and O–H groups in total. The van der Waals surface area contributed by atoms with E-state index in [9.17, 15) is 9.90 Å². The fraction of sp³-hybridized carbons (Fsp3) is 0.263. The number of halogens is 1. The molecule has 1 heterocycles. The maximum Gasteiger partial charge on any atom is 0.268 e. The first-order valence-corrected chi connectivity index (χ1v) is 9.12. The normalized spacial score (nSPS) is 12.2. The molecule has 1 atom stereocenters. The number of imidazole rings is 1. The summed E-state index contributed by atoms with van der Waals surface area (Å²) in [6, 6.07) is 12.1. The van der Waals surface area contributed by atoms with E-state index in [1.165, 1.54) is 12.5 Å². The van der Waals surface area contributed by atoms with Crippen molar-refractivity contribution in [3.8, 4) is 5.75 Å². The zero-order valence-corrected chi connectivity index (χ0v) is 15.7. The van der Waals surface area contributed by atoms with Gasteiger partial charge in [0.25, 0.3) is 5.91 Å². The van der Waals surface area contributed by atoms with Gasteiger partial charge in [-0.1, -0.05) is 28.1 Å². The van der Waals surface area contributed by atoms with Crippen LogP contribution in [0.15, 0.2) is 53.4 Å². The Morgan fingerprint density at radius 1 is 1.27 bits per heavy atom. The van der Waals surface area contributed by atoms with E-state index in [-0.39, 0.29) is 5.69 Å². The molecular weight excluding hydrogens is 398 g/mol. The minimum atomic E-state index is -0.575. The summed E-state index contributed by atoms with van der Waals surface area (Å²) in [7, 11) is 0. The van der Waals surface area contributed by atoms with Gasteiger partial charge in [-0.15, -0.1) is 0 Å². The lowest BCUT2D eigenvalue weighted by molar-refractivity contribution is 0.0995. The SMILES string of the molecule is NC(=O)c1cn(CC(O)CCCOc2ccc3cc(Br)ccc3c2)cn1. The first-order chi connectivity index (χ1) is 12.5. The fourth-order valence-electron chi connectivity index (χ4n) is 2.72. The van der Waals surface area contributed by atoms with Crippen LogP contribution in [0.25, 0.3) is 10.8 Å². The van der Waals surface area contributed by atoms with Crippen LogP contribution in [0.2, 0.25) is 0 Å². The third kappa shape index (κ3) is 4.83. The number of aromatic nitrogens is 2. The number of hydrogen-bond acceptors (Lipinski definition) is 4. The topological polar surface area (TPSA) is 90.4 Å². The molecule has 0 aliphatic rings. The van der Waals surface area contributed by atoms with Crippen LogP contribution in [0.1, 0.15) is 23.3 Å². The Labute approximate surface area is 159 Å². The van der Waals surface area contributed by atoms with Crippen LogP contribution >= 0.6 is 15.9 Å². The molecule has 0 bridgehead atoms. The number of aliphatic hydroxyl groups is 1. The molecule has 2 aromatic carbocycles. The van der Waals surface area contributed by atoms with E-state index in [1.807, 2.05) is 30.3 Å². The highest BCUT2D eigenvalue weighted by Gasteiger charge is 2.09. The molecule has 7 heteroatoms. The third-order valence-electron chi connectivity index (χ3n) is 4.03. The Hall–Kier alpha value is -2.38. The number of benzene rings is 2. The minimum absolute atomic E-state index is 0.198. The molecule has 1 unspecified atom stereocenters. The van der Waals surface area contributed by atoms with Crippen LogP contribution in [0, 0.1) is 0 Å². The van der Waals surface area contributed by atoms with Crippen molar-refractivity contribution in [2.24, 2.45) is 5.73 Å². The van der Waals surface area contributed by atoms with Crippen LogP contribution in [-0.2, 0) is 6.54 Å². The van der Waals surface area contributed by atoms with Crippen molar-refractivity contribution in [3.63, 3.8) is 0 Å². The van der Waals surface area contributed by atoms with E-state index in [1.54, 1.807) is 4.57 Å². The van der Waals surface area contributed by atoms with Crippen molar-refractivity contribution in [2.45, 2.75) is 25.5 Å². The van der Waals surface area contributed by atoms with Gasteiger partial charge in [-0.25, -0.2) is 4.98 Å². The number of amides is 1. The van der Waals surface area contributed by atoms with Crippen molar-refractivity contribution in [1.82, 2.24) is 9.55 Å². The van der Waals surface area contributed by atoms with Gasteiger partial charge in [-0.3, -0.25) is 4.79 Å². The number of carbonyl (C=O) groups excluding carboxylic acids is 1. The molecule has 1 aromatic heterocycles. The van der Waals surface area contributed by atoms with Gasteiger partial charge in [0, 0.05) is 17.2 Å². The van der Waals surface area contributed by atoms with E-state index in [0.29, 0.717) is 19.6 Å². The molecule has 1 amide bonds. The highest BCUT2D eigenvalue weighted by molar-refractivity contribution is 9.10. The Kier molecular flexibility index (Phi) is 5.90. The van der Waals surface area contributed by atoms with Gasteiger partial charge >= 0.3 is 0 Å². The number of nitrogens with zero attached hydrogens (tertiary/aromatic N) is 2.